The summed E-state index contributed by atoms with van der Waals surface area (Å²) in [6.07, 6.45) is 4.22. The van der Waals surface area contributed by atoms with Gasteiger partial charge in [-0.3, -0.25) is 0 Å². The summed E-state index contributed by atoms with van der Waals surface area (Å²) in [5.41, 5.74) is 8.86. The van der Waals surface area contributed by atoms with Crippen LogP contribution in [-0.2, 0) is 4.89 Å². The minimum absolute atomic E-state index is 0.187. The van der Waals surface area contributed by atoms with E-state index in [4.69, 9.17) is 14.5 Å². The van der Waals surface area contributed by atoms with Crippen LogP contribution >= 0.6 is 0 Å². The first-order chi connectivity index (χ1) is 15.6. The topological polar surface area (TPSA) is 51.8 Å². The summed E-state index contributed by atoms with van der Waals surface area (Å²) >= 11 is 0. The second-order valence-electron chi connectivity index (χ2n) is 7.99. The van der Waals surface area contributed by atoms with Crippen LogP contribution in [0.4, 0.5) is 5.69 Å². The molecule has 1 atom stereocenters. The maximum absolute atomic E-state index is 6.54. The highest BCUT2D eigenvalue weighted by Crippen LogP contribution is 2.46. The maximum Gasteiger partial charge on any atom is 0.173 e. The van der Waals surface area contributed by atoms with Crippen LogP contribution in [0.3, 0.4) is 0 Å². The Morgan fingerprint density at radius 1 is 0.969 bits per heavy atom. The minimum Gasteiger partial charge on any atom is -0.481 e. The maximum atomic E-state index is 6.54. The van der Waals surface area contributed by atoms with Crippen LogP contribution in [0.2, 0.25) is 0 Å². The Kier molecular flexibility index (Phi) is 6.56. The van der Waals surface area contributed by atoms with Gasteiger partial charge in [0, 0.05) is 52.8 Å². The Labute approximate surface area is 190 Å². The molecule has 1 aliphatic carbocycles. The van der Waals surface area contributed by atoms with Crippen molar-refractivity contribution < 1.29 is 14.5 Å². The van der Waals surface area contributed by atoms with Crippen LogP contribution in [-0.4, -0.2) is 25.8 Å². The second-order valence-corrected chi connectivity index (χ2v) is 7.99. The van der Waals surface area contributed by atoms with Gasteiger partial charge in [-0.25, -0.2) is 0 Å². The van der Waals surface area contributed by atoms with Crippen LogP contribution < -0.4 is 20.3 Å². The number of fused-ring (bicyclic) bond motifs is 2. The van der Waals surface area contributed by atoms with Gasteiger partial charge in [0.05, 0.1) is 6.61 Å². The number of benzene rings is 2. The Hall–Kier alpha value is -3.18. The molecule has 0 radical (unpaired) electrons. The van der Waals surface area contributed by atoms with Crippen molar-refractivity contribution in [2.24, 2.45) is 0 Å². The highest BCUT2D eigenvalue weighted by molar-refractivity contribution is 5.92. The lowest BCUT2D eigenvalue weighted by atomic mass is 9.83. The van der Waals surface area contributed by atoms with Gasteiger partial charge in [-0.05, 0) is 70.0 Å². The summed E-state index contributed by atoms with van der Waals surface area (Å²) in [7, 11) is 0. The van der Waals surface area contributed by atoms with Crippen molar-refractivity contribution >= 4 is 11.3 Å². The highest BCUT2D eigenvalue weighted by atomic mass is 17.2. The van der Waals surface area contributed by atoms with Crippen molar-refractivity contribution in [3.05, 3.63) is 82.1 Å². The summed E-state index contributed by atoms with van der Waals surface area (Å²) in [6, 6.07) is 12.3. The van der Waals surface area contributed by atoms with E-state index in [1.807, 2.05) is 25.1 Å². The molecule has 2 aromatic rings. The Morgan fingerprint density at radius 3 is 2.50 bits per heavy atom. The predicted octanol–water partition coefficient (Wildman–Crippen LogP) is 5.77. The third-order valence-corrected chi connectivity index (χ3v) is 5.72. The summed E-state index contributed by atoms with van der Waals surface area (Å²) in [5, 5.41) is 6.91. The van der Waals surface area contributed by atoms with E-state index in [9.17, 15) is 0 Å². The van der Waals surface area contributed by atoms with Crippen LogP contribution in [0, 0.1) is 6.92 Å². The number of nitrogens with one attached hydrogen (secondary N) is 2. The monoisotopic (exact) mass is 432 g/mol. The zero-order valence-electron chi connectivity index (χ0n) is 19.5. The molecule has 32 heavy (non-hydrogen) atoms. The number of aryl methyl sites for hydroxylation is 1. The lowest BCUT2D eigenvalue weighted by Gasteiger charge is -2.33. The molecule has 0 bridgehead atoms. The molecule has 0 saturated carbocycles. The van der Waals surface area contributed by atoms with Gasteiger partial charge >= 0.3 is 0 Å². The van der Waals surface area contributed by atoms with Gasteiger partial charge in [0.15, 0.2) is 5.75 Å². The summed E-state index contributed by atoms with van der Waals surface area (Å²) in [6.45, 7) is 12.6. The van der Waals surface area contributed by atoms with Gasteiger partial charge in [0.25, 0.3) is 0 Å². The zero-order valence-corrected chi connectivity index (χ0v) is 19.5. The van der Waals surface area contributed by atoms with Crippen molar-refractivity contribution in [2.75, 3.05) is 25.0 Å². The average Bonchev–Trinajstić information content (AvgIpc) is 2.78. The molecule has 2 aromatic carbocycles. The lowest BCUT2D eigenvalue weighted by molar-refractivity contribution is -0.202. The summed E-state index contributed by atoms with van der Waals surface area (Å²) in [4.78, 5) is 11.0. The van der Waals surface area contributed by atoms with E-state index >= 15 is 0 Å². The predicted molar refractivity (Wildman–Crippen MR) is 130 cm³/mol. The van der Waals surface area contributed by atoms with Crippen LogP contribution in [0.1, 0.15) is 44.4 Å². The van der Waals surface area contributed by atoms with Crippen molar-refractivity contribution in [1.82, 2.24) is 5.32 Å². The molecular weight excluding hydrogens is 400 g/mol. The molecule has 5 heteroatoms. The van der Waals surface area contributed by atoms with E-state index < -0.39 is 0 Å². The normalized spacial score (nSPS) is 17.0. The fourth-order valence-electron chi connectivity index (χ4n) is 4.29. The van der Waals surface area contributed by atoms with E-state index in [-0.39, 0.29) is 6.10 Å². The quantitative estimate of drug-likeness (QED) is 0.409. The molecule has 0 aromatic heterocycles. The van der Waals surface area contributed by atoms with E-state index in [1.165, 1.54) is 11.1 Å². The van der Waals surface area contributed by atoms with Gasteiger partial charge in [0.1, 0.15) is 11.9 Å². The molecule has 1 unspecified atom stereocenters. The summed E-state index contributed by atoms with van der Waals surface area (Å²) in [5.74, 6) is 1.56. The molecule has 1 aliphatic heterocycles. The van der Waals surface area contributed by atoms with Gasteiger partial charge in [-0.1, -0.05) is 18.2 Å². The number of likely N-dealkylation sites (N-methyl/N-ethyl adjacent to an activating group) is 1. The summed E-state index contributed by atoms with van der Waals surface area (Å²) < 4.78 is 6.54. The fraction of sp³-hybridized carbons (Fsp3) is 0.333. The molecule has 0 saturated heterocycles. The van der Waals surface area contributed by atoms with Gasteiger partial charge in [-0.2, -0.15) is 4.89 Å². The lowest BCUT2D eigenvalue weighted by Crippen LogP contribution is -2.28. The van der Waals surface area contributed by atoms with Crippen molar-refractivity contribution in [3.8, 4) is 11.5 Å². The first kappa shape index (κ1) is 22.0. The van der Waals surface area contributed by atoms with Crippen molar-refractivity contribution in [2.45, 2.75) is 40.7 Å². The largest absolute Gasteiger partial charge is 0.481 e. The molecule has 2 aliphatic rings. The van der Waals surface area contributed by atoms with Crippen molar-refractivity contribution in [3.63, 3.8) is 0 Å². The average molecular weight is 433 g/mol. The molecule has 0 spiro atoms. The van der Waals surface area contributed by atoms with Crippen LogP contribution in [0.5, 0.6) is 11.5 Å². The number of ether oxygens (including phenoxy) is 1. The Balaban J connectivity index is 1.95. The third-order valence-electron chi connectivity index (χ3n) is 5.72. The number of rotatable bonds is 8. The molecule has 0 amide bonds. The van der Waals surface area contributed by atoms with E-state index in [1.54, 1.807) is 0 Å². The van der Waals surface area contributed by atoms with Crippen LogP contribution in [0.15, 0.2) is 65.4 Å². The zero-order chi connectivity index (χ0) is 22.7. The molecule has 2 N–H and O–H groups in total. The highest BCUT2D eigenvalue weighted by Gasteiger charge is 2.32. The first-order valence-electron chi connectivity index (χ1n) is 11.4. The molecule has 168 valence electrons. The number of para-hydroxylation sites is 1. The molecule has 5 nitrogen and oxygen atoms in total. The van der Waals surface area contributed by atoms with Gasteiger partial charge in [0.2, 0.25) is 0 Å². The minimum atomic E-state index is -0.187. The van der Waals surface area contributed by atoms with Gasteiger partial charge in [-0.15, -0.1) is 0 Å². The number of hydrogen-bond acceptors (Lipinski definition) is 5. The van der Waals surface area contributed by atoms with E-state index in [2.05, 4.69) is 68.7 Å². The molecule has 1 heterocycles. The van der Waals surface area contributed by atoms with E-state index in [0.29, 0.717) is 12.4 Å². The standard InChI is InChI=1S/C27H32N2O3/c1-6-28-22-15-25-20(13-17(22)4)27(19-11-9-10-12-24(19)32-30-8-3)21-14-18(5)23(29-7-2)16-26(21)31-25/h9-16,25,28-29H,6-8H2,1-5H3. The number of anilines is 1. The third kappa shape index (κ3) is 4.13. The first-order valence-corrected chi connectivity index (χ1v) is 11.4. The number of allylic oxidation sites excluding steroid dienone is 1. The van der Waals surface area contributed by atoms with E-state index in [0.717, 1.165) is 52.5 Å². The van der Waals surface area contributed by atoms with Crippen molar-refractivity contribution in [1.29, 1.82) is 0 Å². The second kappa shape index (κ2) is 9.53. The molecular formula is C27H32N2O3. The Morgan fingerprint density at radius 2 is 1.75 bits per heavy atom. The van der Waals surface area contributed by atoms with Crippen LogP contribution in [0.25, 0.3) is 5.57 Å². The molecule has 0 fully saturated rings. The van der Waals surface area contributed by atoms with Gasteiger partial charge < -0.3 is 20.3 Å². The fourth-order valence-corrected chi connectivity index (χ4v) is 4.29. The smallest absolute Gasteiger partial charge is 0.173 e. The Bertz CT molecular complexity index is 1100. The SMILES string of the molecule is CCNC1=CC2Oc3cc(NCC)c(C)cc3C(c3ccccc3OOCC)=C2C=C1C. The molecule has 4 rings (SSSR count). The number of hydrogen-bond donors (Lipinski definition) is 2.